The molecule has 2 heterocycles. The number of hydrogen-bond donors (Lipinski definition) is 0. The fourth-order valence-electron chi connectivity index (χ4n) is 3.07. The van der Waals surface area contributed by atoms with Gasteiger partial charge < -0.3 is 0 Å². The second-order valence-electron chi connectivity index (χ2n) is 5.75. The van der Waals surface area contributed by atoms with Crippen molar-refractivity contribution in [1.29, 1.82) is 0 Å². The van der Waals surface area contributed by atoms with Crippen LogP contribution < -0.4 is 0 Å². The lowest BCUT2D eigenvalue weighted by Crippen LogP contribution is -2.34. The van der Waals surface area contributed by atoms with Crippen molar-refractivity contribution in [1.82, 2.24) is 14.7 Å². The van der Waals surface area contributed by atoms with Gasteiger partial charge in [0, 0.05) is 18.9 Å². The number of likely N-dealkylation sites (tertiary alicyclic amines) is 1. The van der Waals surface area contributed by atoms with E-state index >= 15 is 0 Å². The van der Waals surface area contributed by atoms with Crippen LogP contribution in [0, 0.1) is 5.92 Å². The third-order valence-corrected chi connectivity index (χ3v) is 5.05. The zero-order valence-corrected chi connectivity index (χ0v) is 13.4. The van der Waals surface area contributed by atoms with E-state index in [4.69, 9.17) is 0 Å². The van der Waals surface area contributed by atoms with Gasteiger partial charge in [0.25, 0.3) is 0 Å². The van der Waals surface area contributed by atoms with E-state index in [9.17, 15) is 0 Å². The van der Waals surface area contributed by atoms with Crippen LogP contribution in [0.4, 0.5) is 0 Å². The molecule has 1 saturated heterocycles. The maximum absolute atomic E-state index is 4.37. The van der Waals surface area contributed by atoms with Crippen molar-refractivity contribution in [2.75, 3.05) is 25.1 Å². The number of thioether (sulfide) groups is 1. The highest BCUT2D eigenvalue weighted by atomic mass is 32.2. The van der Waals surface area contributed by atoms with Crippen molar-refractivity contribution in [3.63, 3.8) is 0 Å². The average Bonchev–Trinajstić information content (AvgIpc) is 3.04. The Labute approximate surface area is 131 Å². The van der Waals surface area contributed by atoms with E-state index in [2.05, 4.69) is 40.5 Å². The zero-order chi connectivity index (χ0) is 14.5. The SMILES string of the molecule is CSCC1CCN(Cc2ccccc2-n2cccn2)CC1. The monoisotopic (exact) mass is 301 g/mol. The number of piperidine rings is 1. The molecule has 1 aliphatic heterocycles. The van der Waals surface area contributed by atoms with Gasteiger partial charge in [0.2, 0.25) is 0 Å². The molecular formula is C17H23N3S. The smallest absolute Gasteiger partial charge is 0.0690 e. The van der Waals surface area contributed by atoms with Crippen molar-refractivity contribution in [2.24, 2.45) is 5.92 Å². The highest BCUT2D eigenvalue weighted by molar-refractivity contribution is 7.98. The molecular weight excluding hydrogens is 278 g/mol. The molecule has 0 N–H and O–H groups in total. The maximum Gasteiger partial charge on any atom is 0.0690 e. The van der Waals surface area contributed by atoms with Gasteiger partial charge in [-0.05, 0) is 61.6 Å². The molecule has 3 rings (SSSR count). The Balaban J connectivity index is 1.66. The minimum absolute atomic E-state index is 0.914. The molecule has 21 heavy (non-hydrogen) atoms. The van der Waals surface area contributed by atoms with Crippen molar-refractivity contribution in [3.05, 3.63) is 48.3 Å². The lowest BCUT2D eigenvalue weighted by Gasteiger charge is -2.32. The summed E-state index contributed by atoms with van der Waals surface area (Å²) < 4.78 is 1.97. The van der Waals surface area contributed by atoms with Crippen LogP contribution in [0.25, 0.3) is 5.69 Å². The molecule has 0 aliphatic carbocycles. The van der Waals surface area contributed by atoms with E-state index in [1.54, 1.807) is 0 Å². The molecule has 2 aromatic rings. The van der Waals surface area contributed by atoms with Crippen LogP contribution in [0.1, 0.15) is 18.4 Å². The topological polar surface area (TPSA) is 21.1 Å². The number of benzene rings is 1. The van der Waals surface area contributed by atoms with E-state index < -0.39 is 0 Å². The summed E-state index contributed by atoms with van der Waals surface area (Å²) >= 11 is 1.98. The Kier molecular flexibility index (Phi) is 4.99. The van der Waals surface area contributed by atoms with E-state index in [1.807, 2.05) is 34.9 Å². The summed E-state index contributed by atoms with van der Waals surface area (Å²) in [7, 11) is 0. The second kappa shape index (κ2) is 7.14. The molecule has 0 amide bonds. The van der Waals surface area contributed by atoms with Crippen LogP contribution >= 0.6 is 11.8 Å². The van der Waals surface area contributed by atoms with E-state index in [0.717, 1.165) is 12.5 Å². The molecule has 0 spiro atoms. The van der Waals surface area contributed by atoms with Gasteiger partial charge >= 0.3 is 0 Å². The zero-order valence-electron chi connectivity index (χ0n) is 12.6. The summed E-state index contributed by atoms with van der Waals surface area (Å²) in [6, 6.07) is 10.6. The fraction of sp³-hybridized carbons (Fsp3) is 0.471. The highest BCUT2D eigenvalue weighted by Gasteiger charge is 2.19. The van der Waals surface area contributed by atoms with Crippen molar-refractivity contribution in [3.8, 4) is 5.69 Å². The average molecular weight is 301 g/mol. The summed E-state index contributed by atoms with van der Waals surface area (Å²) in [6.45, 7) is 3.47. The van der Waals surface area contributed by atoms with Crippen LogP contribution in [0.5, 0.6) is 0 Å². The van der Waals surface area contributed by atoms with Crippen LogP contribution in [-0.4, -0.2) is 39.8 Å². The van der Waals surface area contributed by atoms with Crippen LogP contribution in [-0.2, 0) is 6.54 Å². The van der Waals surface area contributed by atoms with Crippen LogP contribution in [0.2, 0.25) is 0 Å². The van der Waals surface area contributed by atoms with Gasteiger partial charge in [0.15, 0.2) is 0 Å². The number of hydrogen-bond acceptors (Lipinski definition) is 3. The number of rotatable bonds is 5. The molecule has 3 nitrogen and oxygen atoms in total. The lowest BCUT2D eigenvalue weighted by atomic mass is 9.98. The second-order valence-corrected chi connectivity index (χ2v) is 6.66. The Hall–Kier alpha value is -1.26. The fourth-order valence-corrected chi connectivity index (χ4v) is 3.87. The molecule has 0 atom stereocenters. The normalized spacial score (nSPS) is 17.2. The summed E-state index contributed by atoms with van der Waals surface area (Å²) in [5.74, 6) is 2.23. The first-order valence-electron chi connectivity index (χ1n) is 7.66. The molecule has 1 fully saturated rings. The summed E-state index contributed by atoms with van der Waals surface area (Å²) in [5, 5.41) is 4.37. The standard InChI is InChI=1S/C17H23N3S/c1-21-14-15-7-11-19(12-8-15)13-16-5-2-3-6-17(16)20-10-4-9-18-20/h2-6,9-10,15H,7-8,11-14H2,1H3. The number of para-hydroxylation sites is 1. The molecule has 1 aromatic carbocycles. The summed E-state index contributed by atoms with van der Waals surface area (Å²) in [4.78, 5) is 2.58. The lowest BCUT2D eigenvalue weighted by molar-refractivity contribution is 0.187. The van der Waals surface area contributed by atoms with Gasteiger partial charge in [-0.15, -0.1) is 0 Å². The van der Waals surface area contributed by atoms with Crippen molar-refractivity contribution >= 4 is 11.8 Å². The van der Waals surface area contributed by atoms with E-state index in [1.165, 1.54) is 42.9 Å². The molecule has 1 aromatic heterocycles. The van der Waals surface area contributed by atoms with Gasteiger partial charge in [-0.3, -0.25) is 4.90 Å². The van der Waals surface area contributed by atoms with E-state index in [-0.39, 0.29) is 0 Å². The third-order valence-electron chi connectivity index (χ3n) is 4.25. The predicted octanol–water partition coefficient (Wildman–Crippen LogP) is 3.45. The third kappa shape index (κ3) is 3.69. The maximum atomic E-state index is 4.37. The Morgan fingerprint density at radius 2 is 2.00 bits per heavy atom. The predicted molar refractivity (Wildman–Crippen MR) is 89.9 cm³/mol. The number of aromatic nitrogens is 2. The number of nitrogens with zero attached hydrogens (tertiary/aromatic N) is 3. The van der Waals surface area contributed by atoms with Gasteiger partial charge in [-0.25, -0.2) is 4.68 Å². The summed E-state index contributed by atoms with van der Waals surface area (Å²) in [6.07, 6.45) is 8.75. The Morgan fingerprint density at radius 3 is 2.71 bits per heavy atom. The molecule has 4 heteroatoms. The first-order chi connectivity index (χ1) is 10.4. The van der Waals surface area contributed by atoms with Gasteiger partial charge in [-0.2, -0.15) is 16.9 Å². The molecule has 0 bridgehead atoms. The molecule has 0 saturated carbocycles. The van der Waals surface area contributed by atoms with E-state index in [0.29, 0.717) is 0 Å². The minimum atomic E-state index is 0.914. The first-order valence-corrected chi connectivity index (χ1v) is 9.05. The quantitative estimate of drug-likeness (QED) is 0.844. The van der Waals surface area contributed by atoms with Gasteiger partial charge in [0.05, 0.1) is 5.69 Å². The minimum Gasteiger partial charge on any atom is -0.299 e. The highest BCUT2D eigenvalue weighted by Crippen LogP contribution is 2.23. The molecule has 112 valence electrons. The van der Waals surface area contributed by atoms with Crippen molar-refractivity contribution in [2.45, 2.75) is 19.4 Å². The van der Waals surface area contributed by atoms with Gasteiger partial charge in [0.1, 0.15) is 0 Å². The molecule has 0 unspecified atom stereocenters. The summed E-state index contributed by atoms with van der Waals surface area (Å²) in [5.41, 5.74) is 2.57. The first kappa shape index (κ1) is 14.7. The Bertz CT molecular complexity index is 545. The van der Waals surface area contributed by atoms with Crippen molar-refractivity contribution < 1.29 is 0 Å². The molecule has 1 aliphatic rings. The van der Waals surface area contributed by atoms with Crippen LogP contribution in [0.15, 0.2) is 42.7 Å². The Morgan fingerprint density at radius 1 is 1.19 bits per heavy atom. The largest absolute Gasteiger partial charge is 0.299 e. The van der Waals surface area contributed by atoms with Gasteiger partial charge in [-0.1, -0.05) is 18.2 Å². The molecule has 0 radical (unpaired) electrons. The van der Waals surface area contributed by atoms with Crippen LogP contribution in [0.3, 0.4) is 0 Å².